The van der Waals surface area contributed by atoms with Crippen molar-refractivity contribution in [2.24, 2.45) is 0 Å². The van der Waals surface area contributed by atoms with Crippen LogP contribution in [-0.4, -0.2) is 5.11 Å². The Labute approximate surface area is 96.0 Å². The summed E-state index contributed by atoms with van der Waals surface area (Å²) in [5, 5.41) is 9.63. The van der Waals surface area contributed by atoms with Gasteiger partial charge >= 0.3 is 0 Å². The average molecular weight is 282 g/mol. The maximum atomic E-state index is 13.5. The van der Waals surface area contributed by atoms with Gasteiger partial charge < -0.3 is 5.11 Å². The van der Waals surface area contributed by atoms with Gasteiger partial charge in [0.25, 0.3) is 0 Å². The van der Waals surface area contributed by atoms with Gasteiger partial charge in [-0.2, -0.15) is 0 Å². The molecule has 1 atom stereocenters. The van der Waals surface area contributed by atoms with E-state index in [1.807, 2.05) is 6.92 Å². The fourth-order valence-corrected chi connectivity index (χ4v) is 1.71. The van der Waals surface area contributed by atoms with Crippen molar-refractivity contribution in [3.8, 4) is 0 Å². The van der Waals surface area contributed by atoms with Gasteiger partial charge in [0.1, 0.15) is 5.82 Å². The molecular weight excluding hydrogens is 270 g/mol. The van der Waals surface area contributed by atoms with Crippen LogP contribution in [0.4, 0.5) is 4.39 Å². The Morgan fingerprint density at radius 1 is 1.57 bits per heavy atom. The fraction of sp³-hybridized carbons (Fsp3) is 0.400. The Bertz CT molecular complexity index is 330. The standard InChI is InChI=1S/C10H11BrClFO/c1-2-3-8(14)6-4-5-7(11)9(12)10(6)13/h4-5,8,14H,2-3H2,1H3. The molecule has 0 heterocycles. The number of aliphatic hydroxyl groups is 1. The van der Waals surface area contributed by atoms with Crippen LogP contribution in [0.25, 0.3) is 0 Å². The van der Waals surface area contributed by atoms with Gasteiger partial charge in [-0.25, -0.2) is 4.39 Å². The second kappa shape index (κ2) is 5.10. The van der Waals surface area contributed by atoms with Crippen LogP contribution in [0.1, 0.15) is 31.4 Å². The highest BCUT2D eigenvalue weighted by molar-refractivity contribution is 9.10. The predicted octanol–water partition coefficient (Wildman–Crippen LogP) is 4.08. The monoisotopic (exact) mass is 280 g/mol. The van der Waals surface area contributed by atoms with E-state index < -0.39 is 11.9 Å². The number of rotatable bonds is 3. The Kier molecular flexibility index (Phi) is 4.35. The highest BCUT2D eigenvalue weighted by atomic mass is 79.9. The number of aliphatic hydroxyl groups excluding tert-OH is 1. The van der Waals surface area contributed by atoms with Crippen molar-refractivity contribution < 1.29 is 9.50 Å². The summed E-state index contributed by atoms with van der Waals surface area (Å²) < 4.78 is 14.0. The van der Waals surface area contributed by atoms with Gasteiger partial charge in [-0.15, -0.1) is 0 Å². The second-order valence-corrected chi connectivity index (χ2v) is 4.30. The van der Waals surface area contributed by atoms with Crippen molar-refractivity contribution in [1.29, 1.82) is 0 Å². The zero-order chi connectivity index (χ0) is 10.7. The Hall–Kier alpha value is -0.120. The number of hydrogen-bond donors (Lipinski definition) is 1. The molecule has 1 nitrogen and oxygen atoms in total. The summed E-state index contributed by atoms with van der Waals surface area (Å²) in [7, 11) is 0. The minimum atomic E-state index is -0.773. The number of halogens is 3. The van der Waals surface area contributed by atoms with Crippen molar-refractivity contribution >= 4 is 27.5 Å². The van der Waals surface area contributed by atoms with Crippen LogP contribution >= 0.6 is 27.5 Å². The highest BCUT2D eigenvalue weighted by Gasteiger charge is 2.15. The lowest BCUT2D eigenvalue weighted by Gasteiger charge is -2.11. The van der Waals surface area contributed by atoms with E-state index in [2.05, 4.69) is 15.9 Å². The lowest BCUT2D eigenvalue weighted by molar-refractivity contribution is 0.162. The van der Waals surface area contributed by atoms with Crippen LogP contribution in [-0.2, 0) is 0 Å². The zero-order valence-electron chi connectivity index (χ0n) is 7.73. The van der Waals surface area contributed by atoms with Crippen LogP contribution in [0.3, 0.4) is 0 Å². The topological polar surface area (TPSA) is 20.2 Å². The van der Waals surface area contributed by atoms with Gasteiger partial charge in [0.2, 0.25) is 0 Å². The van der Waals surface area contributed by atoms with Gasteiger partial charge in [-0.3, -0.25) is 0 Å². The third kappa shape index (κ3) is 2.47. The molecule has 0 amide bonds. The molecule has 0 saturated heterocycles. The van der Waals surface area contributed by atoms with Gasteiger partial charge in [0.05, 0.1) is 11.1 Å². The van der Waals surface area contributed by atoms with Crippen molar-refractivity contribution in [3.05, 3.63) is 33.0 Å². The minimum Gasteiger partial charge on any atom is -0.388 e. The molecule has 4 heteroatoms. The van der Waals surface area contributed by atoms with E-state index in [1.54, 1.807) is 12.1 Å². The first-order valence-corrected chi connectivity index (χ1v) is 5.56. The fourth-order valence-electron chi connectivity index (χ4n) is 1.23. The van der Waals surface area contributed by atoms with Crippen LogP contribution in [0.5, 0.6) is 0 Å². The summed E-state index contributed by atoms with van der Waals surface area (Å²) in [6, 6.07) is 3.19. The summed E-state index contributed by atoms with van der Waals surface area (Å²) in [5.74, 6) is -0.540. The normalized spacial score (nSPS) is 12.9. The van der Waals surface area contributed by atoms with Gasteiger partial charge in [0.15, 0.2) is 0 Å². The molecule has 0 bridgehead atoms. The lowest BCUT2D eigenvalue weighted by atomic mass is 10.1. The summed E-state index contributed by atoms with van der Waals surface area (Å²) in [6.07, 6.45) is 0.564. The smallest absolute Gasteiger partial charge is 0.148 e. The van der Waals surface area contributed by atoms with Crippen LogP contribution in [0.15, 0.2) is 16.6 Å². The predicted molar refractivity (Wildman–Crippen MR) is 59.0 cm³/mol. The van der Waals surface area contributed by atoms with Crippen LogP contribution in [0, 0.1) is 5.82 Å². The maximum absolute atomic E-state index is 13.5. The lowest BCUT2D eigenvalue weighted by Crippen LogP contribution is -2.00. The molecular formula is C10H11BrClFO. The summed E-state index contributed by atoms with van der Waals surface area (Å²) in [4.78, 5) is 0. The zero-order valence-corrected chi connectivity index (χ0v) is 10.1. The summed E-state index contributed by atoms with van der Waals surface area (Å²) in [6.45, 7) is 1.93. The first-order valence-electron chi connectivity index (χ1n) is 4.39. The Balaban J connectivity index is 3.04. The third-order valence-electron chi connectivity index (χ3n) is 1.99. The molecule has 0 fully saturated rings. The molecule has 0 aliphatic heterocycles. The van der Waals surface area contributed by atoms with E-state index in [4.69, 9.17) is 11.6 Å². The number of benzene rings is 1. The summed E-state index contributed by atoms with van der Waals surface area (Å²) >= 11 is 8.81. The van der Waals surface area contributed by atoms with E-state index >= 15 is 0 Å². The van der Waals surface area contributed by atoms with Gasteiger partial charge in [0, 0.05) is 10.0 Å². The first kappa shape index (κ1) is 12.0. The van der Waals surface area contributed by atoms with Crippen molar-refractivity contribution in [2.45, 2.75) is 25.9 Å². The Morgan fingerprint density at radius 3 is 2.79 bits per heavy atom. The molecule has 1 aromatic rings. The SMILES string of the molecule is CCCC(O)c1ccc(Br)c(Cl)c1F. The van der Waals surface area contributed by atoms with Crippen molar-refractivity contribution in [2.75, 3.05) is 0 Å². The van der Waals surface area contributed by atoms with Crippen molar-refractivity contribution in [1.82, 2.24) is 0 Å². The van der Waals surface area contributed by atoms with Crippen LogP contribution < -0.4 is 0 Å². The second-order valence-electron chi connectivity index (χ2n) is 3.07. The molecule has 1 unspecified atom stereocenters. The molecule has 0 spiro atoms. The molecule has 0 aliphatic rings. The van der Waals surface area contributed by atoms with E-state index in [-0.39, 0.29) is 10.6 Å². The molecule has 1 N–H and O–H groups in total. The maximum Gasteiger partial charge on any atom is 0.148 e. The average Bonchev–Trinajstić information content (AvgIpc) is 2.15. The summed E-state index contributed by atoms with van der Waals surface area (Å²) in [5.41, 5.74) is 0.264. The first-order chi connectivity index (χ1) is 6.57. The molecule has 78 valence electrons. The molecule has 1 aromatic carbocycles. The molecule has 0 aliphatic carbocycles. The Morgan fingerprint density at radius 2 is 2.21 bits per heavy atom. The van der Waals surface area contributed by atoms with Gasteiger partial charge in [-0.1, -0.05) is 31.0 Å². The van der Waals surface area contributed by atoms with E-state index in [9.17, 15) is 9.50 Å². The molecule has 1 rings (SSSR count). The number of hydrogen-bond acceptors (Lipinski definition) is 1. The molecule has 0 aromatic heterocycles. The molecule has 0 saturated carbocycles. The molecule has 14 heavy (non-hydrogen) atoms. The third-order valence-corrected chi connectivity index (χ3v) is 3.24. The highest BCUT2D eigenvalue weighted by Crippen LogP contribution is 2.31. The van der Waals surface area contributed by atoms with Crippen LogP contribution in [0.2, 0.25) is 5.02 Å². The van der Waals surface area contributed by atoms with Gasteiger partial charge in [-0.05, 0) is 28.4 Å². The molecule has 0 radical (unpaired) electrons. The minimum absolute atomic E-state index is 0.0256. The quantitative estimate of drug-likeness (QED) is 0.828. The van der Waals surface area contributed by atoms with E-state index in [0.717, 1.165) is 6.42 Å². The van der Waals surface area contributed by atoms with E-state index in [1.165, 1.54) is 0 Å². The largest absolute Gasteiger partial charge is 0.388 e. The van der Waals surface area contributed by atoms with Crippen molar-refractivity contribution in [3.63, 3.8) is 0 Å². The van der Waals surface area contributed by atoms with E-state index in [0.29, 0.717) is 10.9 Å².